The van der Waals surface area contributed by atoms with E-state index < -0.39 is 0 Å². The van der Waals surface area contributed by atoms with E-state index in [9.17, 15) is 0 Å². The van der Waals surface area contributed by atoms with E-state index in [4.69, 9.17) is 4.74 Å². The second-order valence-corrected chi connectivity index (χ2v) is 4.17. The third-order valence-corrected chi connectivity index (χ3v) is 3.01. The predicted molar refractivity (Wildman–Crippen MR) is 59.0 cm³/mol. The summed E-state index contributed by atoms with van der Waals surface area (Å²) < 4.78 is 7.25. The summed E-state index contributed by atoms with van der Waals surface area (Å²) in [5.74, 6) is 0.781. The third-order valence-electron chi connectivity index (χ3n) is 1.97. The molecule has 0 atom stereocenters. The number of nitrogens with zero attached hydrogens (tertiary/aromatic N) is 3. The molecule has 0 saturated carbocycles. The molecule has 2 rings (SSSR count). The van der Waals surface area contributed by atoms with Crippen molar-refractivity contribution in [1.82, 2.24) is 14.8 Å². The van der Waals surface area contributed by atoms with Gasteiger partial charge in [0.2, 0.25) is 0 Å². The highest BCUT2D eigenvalue weighted by Gasteiger charge is 2.02. The summed E-state index contributed by atoms with van der Waals surface area (Å²) in [6.45, 7) is 2.62. The van der Waals surface area contributed by atoms with Gasteiger partial charge in [0.1, 0.15) is 6.61 Å². The average Bonchev–Trinajstić information content (AvgIpc) is 2.83. The van der Waals surface area contributed by atoms with Gasteiger partial charge in [-0.1, -0.05) is 6.92 Å². The fraction of sp³-hybridized carbons (Fsp3) is 0.400. The zero-order valence-corrected chi connectivity index (χ0v) is 9.62. The zero-order valence-electron chi connectivity index (χ0n) is 8.80. The largest absolute Gasteiger partial charge is 0.484 e. The Morgan fingerprint density at radius 1 is 1.53 bits per heavy atom. The first-order valence-electron chi connectivity index (χ1n) is 4.82. The molecule has 80 valence electrons. The number of hydrogen-bond acceptors (Lipinski definition) is 4. The fourth-order valence-corrected chi connectivity index (χ4v) is 1.94. The van der Waals surface area contributed by atoms with Gasteiger partial charge in [-0.25, -0.2) is 4.98 Å². The average molecular weight is 223 g/mol. The lowest BCUT2D eigenvalue weighted by molar-refractivity contribution is 0.301. The summed E-state index contributed by atoms with van der Waals surface area (Å²) >= 11 is 1.68. The lowest BCUT2D eigenvalue weighted by Gasteiger charge is -1.98. The molecule has 0 saturated heterocycles. The number of ether oxygens (including phenoxy) is 1. The summed E-state index contributed by atoms with van der Waals surface area (Å²) in [5, 5.41) is 7.21. The molecule has 2 aromatic heterocycles. The first kappa shape index (κ1) is 10.2. The van der Waals surface area contributed by atoms with Crippen LogP contribution >= 0.6 is 11.3 Å². The minimum atomic E-state index is 0.516. The molecule has 0 aliphatic carbocycles. The highest BCUT2D eigenvalue weighted by Crippen LogP contribution is 2.13. The van der Waals surface area contributed by atoms with Crippen LogP contribution < -0.4 is 4.74 Å². The summed E-state index contributed by atoms with van der Waals surface area (Å²) in [5.41, 5.74) is 0.987. The van der Waals surface area contributed by atoms with Crippen LogP contribution in [-0.2, 0) is 20.1 Å². The van der Waals surface area contributed by atoms with Crippen molar-refractivity contribution in [3.05, 3.63) is 28.5 Å². The summed E-state index contributed by atoms with van der Waals surface area (Å²) in [4.78, 5) is 4.42. The maximum absolute atomic E-state index is 5.53. The molecular weight excluding hydrogens is 210 g/mol. The Morgan fingerprint density at radius 2 is 2.40 bits per heavy atom. The van der Waals surface area contributed by atoms with Crippen molar-refractivity contribution >= 4 is 11.3 Å². The molecule has 0 bridgehead atoms. The highest BCUT2D eigenvalue weighted by atomic mass is 32.1. The van der Waals surface area contributed by atoms with Crippen LogP contribution in [0.25, 0.3) is 0 Å². The molecule has 0 amide bonds. The van der Waals surface area contributed by atoms with Crippen LogP contribution in [0.2, 0.25) is 0 Å². The molecule has 15 heavy (non-hydrogen) atoms. The molecule has 0 spiro atoms. The summed E-state index contributed by atoms with van der Waals surface area (Å²) in [6, 6.07) is 0. The van der Waals surface area contributed by atoms with Gasteiger partial charge in [0, 0.05) is 12.4 Å². The normalized spacial score (nSPS) is 10.5. The van der Waals surface area contributed by atoms with Crippen molar-refractivity contribution in [2.75, 3.05) is 0 Å². The number of aryl methyl sites for hydroxylation is 2. The van der Waals surface area contributed by atoms with Crippen molar-refractivity contribution < 1.29 is 4.74 Å². The Labute approximate surface area is 92.5 Å². The SMILES string of the molecule is CCc1nc(COc2cnn(C)c2)cs1. The second kappa shape index (κ2) is 4.44. The predicted octanol–water partition coefficient (Wildman–Crippen LogP) is 2.02. The molecule has 0 aromatic carbocycles. The van der Waals surface area contributed by atoms with E-state index in [0.29, 0.717) is 6.61 Å². The Hall–Kier alpha value is -1.36. The van der Waals surface area contributed by atoms with Gasteiger partial charge in [0.15, 0.2) is 5.75 Å². The maximum atomic E-state index is 5.53. The fourth-order valence-electron chi connectivity index (χ4n) is 1.21. The minimum Gasteiger partial charge on any atom is -0.484 e. The first-order chi connectivity index (χ1) is 7.28. The number of hydrogen-bond donors (Lipinski definition) is 0. The van der Waals surface area contributed by atoms with Gasteiger partial charge in [0.25, 0.3) is 0 Å². The molecule has 0 fully saturated rings. The van der Waals surface area contributed by atoms with Crippen LogP contribution in [0.4, 0.5) is 0 Å². The van der Waals surface area contributed by atoms with Gasteiger partial charge in [-0.2, -0.15) is 5.10 Å². The Bertz CT molecular complexity index is 435. The number of thiazole rings is 1. The monoisotopic (exact) mass is 223 g/mol. The molecule has 0 radical (unpaired) electrons. The molecule has 0 aliphatic rings. The van der Waals surface area contributed by atoms with Crippen molar-refractivity contribution in [1.29, 1.82) is 0 Å². The molecule has 0 aliphatic heterocycles. The van der Waals surface area contributed by atoms with Crippen LogP contribution in [0.3, 0.4) is 0 Å². The first-order valence-corrected chi connectivity index (χ1v) is 5.70. The molecule has 5 heteroatoms. The highest BCUT2D eigenvalue weighted by molar-refractivity contribution is 7.09. The van der Waals surface area contributed by atoms with Gasteiger partial charge in [-0.3, -0.25) is 4.68 Å². The van der Waals surface area contributed by atoms with E-state index in [2.05, 4.69) is 17.0 Å². The molecule has 0 N–H and O–H groups in total. The van der Waals surface area contributed by atoms with E-state index in [1.165, 1.54) is 0 Å². The maximum Gasteiger partial charge on any atom is 0.157 e. The second-order valence-electron chi connectivity index (χ2n) is 3.22. The third kappa shape index (κ3) is 2.56. The lowest BCUT2D eigenvalue weighted by Crippen LogP contribution is -1.95. The van der Waals surface area contributed by atoms with E-state index in [1.807, 2.05) is 18.6 Å². The summed E-state index contributed by atoms with van der Waals surface area (Å²) in [7, 11) is 1.87. The van der Waals surface area contributed by atoms with Gasteiger partial charge in [-0.05, 0) is 6.42 Å². The van der Waals surface area contributed by atoms with Crippen LogP contribution in [0.5, 0.6) is 5.75 Å². The minimum absolute atomic E-state index is 0.516. The molecule has 2 heterocycles. The molecular formula is C10H13N3OS. The van der Waals surface area contributed by atoms with Crippen LogP contribution in [0.1, 0.15) is 17.6 Å². The van der Waals surface area contributed by atoms with Crippen molar-refractivity contribution in [2.24, 2.45) is 7.05 Å². The van der Waals surface area contributed by atoms with Gasteiger partial charge in [-0.15, -0.1) is 11.3 Å². The Balaban J connectivity index is 1.93. The van der Waals surface area contributed by atoms with Crippen LogP contribution in [0.15, 0.2) is 17.8 Å². The molecule has 2 aromatic rings. The standard InChI is InChI=1S/C10H13N3OS/c1-3-10-12-8(7-15-10)6-14-9-4-11-13(2)5-9/h4-5,7H,3,6H2,1-2H3. The van der Waals surface area contributed by atoms with Crippen molar-refractivity contribution in [2.45, 2.75) is 20.0 Å². The van der Waals surface area contributed by atoms with Gasteiger partial charge in [0.05, 0.1) is 23.1 Å². The Morgan fingerprint density at radius 3 is 3.00 bits per heavy atom. The van der Waals surface area contributed by atoms with Crippen molar-refractivity contribution in [3.8, 4) is 5.75 Å². The topological polar surface area (TPSA) is 39.9 Å². The van der Waals surface area contributed by atoms with Gasteiger partial charge >= 0.3 is 0 Å². The van der Waals surface area contributed by atoms with E-state index in [1.54, 1.807) is 22.2 Å². The smallest absolute Gasteiger partial charge is 0.157 e. The number of rotatable bonds is 4. The van der Waals surface area contributed by atoms with Crippen molar-refractivity contribution in [3.63, 3.8) is 0 Å². The molecule has 4 nitrogen and oxygen atoms in total. The quantitative estimate of drug-likeness (QED) is 0.796. The molecule has 0 unspecified atom stereocenters. The van der Waals surface area contributed by atoms with E-state index in [0.717, 1.165) is 22.9 Å². The summed E-state index contributed by atoms with van der Waals surface area (Å²) in [6.07, 6.45) is 4.53. The van der Waals surface area contributed by atoms with E-state index in [-0.39, 0.29) is 0 Å². The van der Waals surface area contributed by atoms with E-state index >= 15 is 0 Å². The Kier molecular flexibility index (Phi) is 3.01. The van der Waals surface area contributed by atoms with Gasteiger partial charge < -0.3 is 4.74 Å². The van der Waals surface area contributed by atoms with Crippen LogP contribution in [0, 0.1) is 0 Å². The zero-order chi connectivity index (χ0) is 10.7. The lowest BCUT2D eigenvalue weighted by atomic mass is 10.5. The number of aromatic nitrogens is 3. The van der Waals surface area contributed by atoms with Crippen LogP contribution in [-0.4, -0.2) is 14.8 Å².